The van der Waals surface area contributed by atoms with E-state index in [9.17, 15) is 22.8 Å². The molecular formula is C22H21F3N2O2. The molecule has 0 spiro atoms. The fourth-order valence-electron chi connectivity index (χ4n) is 4.52. The number of nitrogens with zero attached hydrogens (tertiary/aromatic N) is 1. The Morgan fingerprint density at radius 3 is 2.59 bits per heavy atom. The van der Waals surface area contributed by atoms with E-state index in [2.05, 4.69) is 5.32 Å². The van der Waals surface area contributed by atoms with E-state index in [0.717, 1.165) is 11.1 Å². The van der Waals surface area contributed by atoms with Gasteiger partial charge in [0.15, 0.2) is 5.54 Å². The molecule has 152 valence electrons. The van der Waals surface area contributed by atoms with Crippen LogP contribution in [0.5, 0.6) is 0 Å². The second-order valence-corrected chi connectivity index (χ2v) is 7.85. The van der Waals surface area contributed by atoms with Gasteiger partial charge < -0.3 is 5.32 Å². The summed E-state index contributed by atoms with van der Waals surface area (Å²) in [5.74, 6) is -3.83. The summed E-state index contributed by atoms with van der Waals surface area (Å²) in [5.41, 5.74) is 1.41. The molecule has 2 aliphatic carbocycles. The Bertz CT molecular complexity index is 970. The third-order valence-electron chi connectivity index (χ3n) is 6.00. The summed E-state index contributed by atoms with van der Waals surface area (Å²) in [6, 6.07) is 10.3. The lowest BCUT2D eigenvalue weighted by atomic mass is 9.84. The summed E-state index contributed by atoms with van der Waals surface area (Å²) in [7, 11) is 0. The molecule has 0 heterocycles. The molecule has 0 unspecified atom stereocenters. The van der Waals surface area contributed by atoms with Crippen LogP contribution in [0.15, 0.2) is 42.5 Å². The van der Waals surface area contributed by atoms with Crippen LogP contribution in [0.25, 0.3) is 0 Å². The van der Waals surface area contributed by atoms with Crippen molar-refractivity contribution >= 4 is 18.0 Å². The zero-order valence-electron chi connectivity index (χ0n) is 15.9. The van der Waals surface area contributed by atoms with Crippen LogP contribution < -0.4 is 10.2 Å². The first-order valence-corrected chi connectivity index (χ1v) is 9.55. The van der Waals surface area contributed by atoms with E-state index < -0.39 is 42.1 Å². The van der Waals surface area contributed by atoms with Crippen molar-refractivity contribution in [1.29, 1.82) is 0 Å². The molecule has 4 rings (SSSR count). The normalized spacial score (nSPS) is 22.5. The van der Waals surface area contributed by atoms with Crippen LogP contribution in [-0.2, 0) is 21.5 Å². The Hall–Kier alpha value is -2.83. The highest BCUT2D eigenvalue weighted by atomic mass is 19.3. The van der Waals surface area contributed by atoms with E-state index in [1.165, 1.54) is 23.1 Å². The number of aryl methyl sites for hydroxylation is 1. The Morgan fingerprint density at radius 2 is 1.93 bits per heavy atom. The van der Waals surface area contributed by atoms with Gasteiger partial charge in [-0.1, -0.05) is 24.3 Å². The van der Waals surface area contributed by atoms with Gasteiger partial charge in [-0.2, -0.15) is 0 Å². The molecule has 0 bridgehead atoms. The van der Waals surface area contributed by atoms with Crippen molar-refractivity contribution in [3.8, 4) is 0 Å². The van der Waals surface area contributed by atoms with E-state index in [1.807, 2.05) is 13.0 Å². The molecule has 1 fully saturated rings. The maximum Gasteiger partial charge on any atom is 0.252 e. The Labute approximate surface area is 166 Å². The number of amides is 2. The molecule has 2 aliphatic rings. The monoisotopic (exact) mass is 402 g/mol. The van der Waals surface area contributed by atoms with Gasteiger partial charge in [-0.05, 0) is 54.7 Å². The number of carbonyl (C=O) groups is 2. The Balaban J connectivity index is 1.80. The number of hydrogen-bond donors (Lipinski definition) is 1. The lowest BCUT2D eigenvalue weighted by Crippen LogP contribution is -2.60. The van der Waals surface area contributed by atoms with Crippen LogP contribution in [0.1, 0.15) is 36.0 Å². The van der Waals surface area contributed by atoms with E-state index in [-0.39, 0.29) is 12.1 Å². The molecule has 7 heteroatoms. The van der Waals surface area contributed by atoms with Crippen molar-refractivity contribution in [1.82, 2.24) is 5.32 Å². The van der Waals surface area contributed by atoms with E-state index in [0.29, 0.717) is 18.4 Å². The summed E-state index contributed by atoms with van der Waals surface area (Å²) < 4.78 is 40.4. The second kappa shape index (κ2) is 6.90. The van der Waals surface area contributed by atoms with Gasteiger partial charge in [-0.15, -0.1) is 0 Å². The van der Waals surface area contributed by atoms with Crippen LogP contribution in [0.2, 0.25) is 0 Å². The van der Waals surface area contributed by atoms with Gasteiger partial charge >= 0.3 is 0 Å². The minimum Gasteiger partial charge on any atom is -0.351 e. The highest BCUT2D eigenvalue weighted by molar-refractivity contribution is 5.98. The van der Waals surface area contributed by atoms with Gasteiger partial charge in [-0.25, -0.2) is 13.2 Å². The molecule has 29 heavy (non-hydrogen) atoms. The maximum atomic E-state index is 13.9. The summed E-state index contributed by atoms with van der Waals surface area (Å²) in [4.78, 5) is 26.9. The highest BCUT2D eigenvalue weighted by Crippen LogP contribution is 2.46. The third-order valence-corrected chi connectivity index (χ3v) is 6.00. The average Bonchev–Trinajstić information content (AvgIpc) is 3.03. The molecule has 0 aliphatic heterocycles. The Kier molecular flexibility index (Phi) is 4.63. The largest absolute Gasteiger partial charge is 0.351 e. The number of anilines is 1. The first-order chi connectivity index (χ1) is 13.8. The smallest absolute Gasteiger partial charge is 0.252 e. The highest BCUT2D eigenvalue weighted by Gasteiger charge is 2.53. The van der Waals surface area contributed by atoms with Crippen molar-refractivity contribution in [3.63, 3.8) is 0 Å². The fourth-order valence-corrected chi connectivity index (χ4v) is 4.52. The first-order valence-electron chi connectivity index (χ1n) is 9.55. The second-order valence-electron chi connectivity index (χ2n) is 7.85. The summed E-state index contributed by atoms with van der Waals surface area (Å²) >= 11 is 0. The molecule has 2 amide bonds. The van der Waals surface area contributed by atoms with E-state index in [1.54, 1.807) is 18.2 Å². The summed E-state index contributed by atoms with van der Waals surface area (Å²) in [6.45, 7) is 1.92. The molecule has 2 aromatic carbocycles. The van der Waals surface area contributed by atoms with Gasteiger partial charge in [0.05, 0.1) is 0 Å². The number of rotatable bonds is 5. The number of halogens is 3. The molecule has 1 atom stereocenters. The maximum absolute atomic E-state index is 13.9. The Morgan fingerprint density at radius 1 is 1.21 bits per heavy atom. The molecule has 0 radical (unpaired) electrons. The minimum atomic E-state index is -2.78. The van der Waals surface area contributed by atoms with Crippen LogP contribution in [-0.4, -0.2) is 24.3 Å². The van der Waals surface area contributed by atoms with Gasteiger partial charge in [0.2, 0.25) is 6.41 Å². The summed E-state index contributed by atoms with van der Waals surface area (Å²) in [5, 5.41) is 2.70. The van der Waals surface area contributed by atoms with Crippen LogP contribution in [0.3, 0.4) is 0 Å². The number of hydrogen-bond acceptors (Lipinski definition) is 2. The third kappa shape index (κ3) is 3.18. The topological polar surface area (TPSA) is 49.4 Å². The minimum absolute atomic E-state index is 0.239. The molecule has 1 N–H and O–H groups in total. The SMILES string of the molecule is Cc1cccc2c1CC[C@@]2(C(=O)NC1CC(F)(F)C1)N(C=O)c1cccc(F)c1. The average molecular weight is 402 g/mol. The predicted molar refractivity (Wildman–Crippen MR) is 102 cm³/mol. The van der Waals surface area contributed by atoms with Gasteiger partial charge in [0.25, 0.3) is 11.8 Å². The zero-order chi connectivity index (χ0) is 20.8. The molecule has 0 saturated heterocycles. The lowest BCUT2D eigenvalue weighted by molar-refractivity contribution is -0.135. The molecular weight excluding hydrogens is 381 g/mol. The van der Waals surface area contributed by atoms with E-state index in [4.69, 9.17) is 0 Å². The van der Waals surface area contributed by atoms with Crippen molar-refractivity contribution in [3.05, 3.63) is 65.0 Å². The van der Waals surface area contributed by atoms with Crippen LogP contribution in [0.4, 0.5) is 18.9 Å². The number of nitrogens with one attached hydrogen (secondary N) is 1. The first kappa shape index (κ1) is 19.5. The molecule has 0 aromatic heterocycles. The van der Waals surface area contributed by atoms with Crippen LogP contribution in [0, 0.1) is 12.7 Å². The molecule has 2 aromatic rings. The zero-order valence-corrected chi connectivity index (χ0v) is 15.9. The van der Waals surface area contributed by atoms with Crippen LogP contribution >= 0.6 is 0 Å². The van der Waals surface area contributed by atoms with Crippen molar-refractivity contribution < 1.29 is 22.8 Å². The lowest BCUT2D eigenvalue weighted by Gasteiger charge is -2.42. The number of carbonyl (C=O) groups excluding carboxylic acids is 2. The summed E-state index contributed by atoms with van der Waals surface area (Å²) in [6.07, 6.45) is 0.515. The quantitative estimate of drug-likeness (QED) is 0.773. The van der Waals surface area contributed by atoms with Gasteiger partial charge in [-0.3, -0.25) is 14.5 Å². The van der Waals surface area contributed by atoms with Gasteiger partial charge in [0, 0.05) is 24.6 Å². The predicted octanol–water partition coefficient (Wildman–Crippen LogP) is 3.85. The number of benzene rings is 2. The molecule has 4 nitrogen and oxygen atoms in total. The van der Waals surface area contributed by atoms with Crippen molar-refractivity contribution in [2.24, 2.45) is 0 Å². The van der Waals surface area contributed by atoms with Crippen molar-refractivity contribution in [2.75, 3.05) is 4.90 Å². The molecule has 1 saturated carbocycles. The van der Waals surface area contributed by atoms with Crippen molar-refractivity contribution in [2.45, 2.75) is 50.1 Å². The van der Waals surface area contributed by atoms with Gasteiger partial charge in [0.1, 0.15) is 5.82 Å². The number of alkyl halides is 2. The number of fused-ring (bicyclic) bond motifs is 1. The standard InChI is InChI=1S/C22H21F3N2O2/c1-14-4-2-7-19-18(14)8-9-22(19,20(29)26-16-11-21(24,25)12-16)27(13-28)17-6-3-5-15(23)10-17/h2-7,10,13,16H,8-9,11-12H2,1H3,(H,26,29)/t22-/m1/s1. The van der Waals surface area contributed by atoms with E-state index >= 15 is 0 Å². The fraction of sp³-hybridized carbons (Fsp3) is 0.364.